The van der Waals surface area contributed by atoms with E-state index in [0.717, 1.165) is 73.4 Å². The minimum Gasteiger partial charge on any atom is -0.494 e. The van der Waals surface area contributed by atoms with Gasteiger partial charge >= 0.3 is 0 Å². The van der Waals surface area contributed by atoms with Crippen molar-refractivity contribution in [1.82, 2.24) is 30.1 Å². The van der Waals surface area contributed by atoms with Crippen molar-refractivity contribution in [3.8, 4) is 5.75 Å². The number of halogens is 3. The number of aryl methyl sites for hydroxylation is 2. The first-order valence-electron chi connectivity index (χ1n) is 22.8. The molecule has 3 aliphatic rings. The Morgan fingerprint density at radius 1 is 0.939 bits per heavy atom. The zero-order chi connectivity index (χ0) is 47.0. The van der Waals surface area contributed by atoms with Crippen LogP contribution in [0.25, 0.3) is 10.9 Å². The maximum absolute atomic E-state index is 15.2. The number of nitrogens with zero attached hydrogens (tertiary/aromatic N) is 6. The van der Waals surface area contributed by atoms with E-state index in [-0.39, 0.29) is 24.4 Å². The number of hydrogen-bond acceptors (Lipinski definition) is 12. The van der Waals surface area contributed by atoms with Crippen molar-refractivity contribution in [1.29, 1.82) is 0 Å². The van der Waals surface area contributed by atoms with Crippen LogP contribution in [0.15, 0.2) is 59.2 Å². The first kappa shape index (κ1) is 47.5. The Morgan fingerprint density at radius 3 is 2.36 bits per heavy atom. The molecule has 0 bridgehead atoms. The summed E-state index contributed by atoms with van der Waals surface area (Å²) in [5.41, 5.74) is 5.76. The van der Waals surface area contributed by atoms with E-state index in [1.54, 1.807) is 26.6 Å². The number of piperidine rings is 2. The Labute approximate surface area is 394 Å². The van der Waals surface area contributed by atoms with Crippen molar-refractivity contribution in [3.05, 3.63) is 93.2 Å². The van der Waals surface area contributed by atoms with Crippen molar-refractivity contribution in [2.75, 3.05) is 68.7 Å². The molecule has 13 nitrogen and oxygen atoms in total. The first-order chi connectivity index (χ1) is 31.5. The molecule has 3 N–H and O–H groups in total. The molecule has 350 valence electrons. The molecule has 2 aromatic heterocycles. The topological polar surface area (TPSA) is 145 Å². The Morgan fingerprint density at radius 2 is 1.68 bits per heavy atom. The minimum atomic E-state index is -2.74. The van der Waals surface area contributed by atoms with Gasteiger partial charge in [0.15, 0.2) is 0 Å². The van der Waals surface area contributed by atoms with E-state index in [1.165, 1.54) is 17.7 Å². The number of pyridine rings is 1. The number of amides is 2. The number of nitrogens with one attached hydrogen (secondary N) is 3. The van der Waals surface area contributed by atoms with Gasteiger partial charge in [-0.2, -0.15) is 4.98 Å². The standard InChI is InChI=1S/C49H59BrF2N9O4P/c1-8-32-23-41(56-49-53-25-36(50)47(58-49)55-40-13-12-39-34(10-9-28(2)54-39)46(40)66(6,7)64)43(65-5)24-42(32)59-19-16-33(17-20-59)61-27-29(3)60(26-30(61)4)18-15-31-21-37(51)45(38(52)22-31)35-11-14-44(62)57-48(35)63/h9-10,12-13,21-25,29-30,33,35H,8,11,14-20,26-27H2,1-7H3,(H,57,62,63)(H2,53,55,56,58)/t29-,30+,35?/m0/s1. The molecule has 8 rings (SSSR count). The molecule has 3 aliphatic heterocycles. The van der Waals surface area contributed by atoms with Gasteiger partial charge in [0, 0.05) is 97.2 Å². The van der Waals surface area contributed by atoms with E-state index >= 15 is 8.78 Å². The van der Waals surface area contributed by atoms with Gasteiger partial charge in [0.1, 0.15) is 30.3 Å². The minimum absolute atomic E-state index is 0.0605. The SMILES string of the molecule is CCc1cc(Nc2ncc(Br)c(Nc3ccc4nc(C)ccc4c3P(C)(C)=O)n2)c(OC)cc1N1CCC(N2C[C@H](C)N(CCc3cc(F)c(C4CCC(=O)NC4=O)c(F)c3)C[C@H]2C)CC1. The molecular formula is C49H59BrF2N9O4P. The van der Waals surface area contributed by atoms with Gasteiger partial charge in [0.05, 0.1) is 34.4 Å². The molecule has 3 fully saturated rings. The second kappa shape index (κ2) is 19.7. The van der Waals surface area contributed by atoms with Gasteiger partial charge in [-0.3, -0.25) is 29.7 Å². The lowest BCUT2D eigenvalue weighted by Crippen LogP contribution is -2.60. The Kier molecular flexibility index (Phi) is 14.2. The van der Waals surface area contributed by atoms with Crippen LogP contribution in [0.4, 0.5) is 37.6 Å². The third kappa shape index (κ3) is 10.1. The van der Waals surface area contributed by atoms with Crippen LogP contribution >= 0.6 is 23.1 Å². The molecule has 0 spiro atoms. The van der Waals surface area contributed by atoms with Crippen LogP contribution in [0.3, 0.4) is 0 Å². The maximum Gasteiger partial charge on any atom is 0.234 e. The van der Waals surface area contributed by atoms with Crippen LogP contribution in [0.5, 0.6) is 5.75 Å². The van der Waals surface area contributed by atoms with E-state index in [0.29, 0.717) is 63.6 Å². The molecule has 2 amide bonds. The maximum atomic E-state index is 15.2. The second-order valence-electron chi connectivity index (χ2n) is 18.3. The number of methoxy groups -OCH3 is 1. The molecular weight excluding hydrogens is 927 g/mol. The lowest BCUT2D eigenvalue weighted by molar-refractivity contribution is -0.134. The third-order valence-corrected chi connectivity index (χ3v) is 15.5. The summed E-state index contributed by atoms with van der Waals surface area (Å²) in [6.07, 6.45) is 5.18. The van der Waals surface area contributed by atoms with Gasteiger partial charge in [-0.05, 0) is 130 Å². The molecule has 5 aromatic rings. The highest BCUT2D eigenvalue weighted by atomic mass is 79.9. The molecule has 17 heteroatoms. The average molecular weight is 987 g/mol. The van der Waals surface area contributed by atoms with Crippen molar-refractivity contribution in [2.45, 2.75) is 90.3 Å². The monoisotopic (exact) mass is 985 g/mol. The molecule has 5 heterocycles. The van der Waals surface area contributed by atoms with Crippen LogP contribution in [0, 0.1) is 18.6 Å². The number of fused-ring (bicyclic) bond motifs is 1. The number of aromatic nitrogens is 3. The second-order valence-corrected chi connectivity index (χ2v) is 22.3. The molecule has 3 saturated heterocycles. The summed E-state index contributed by atoms with van der Waals surface area (Å²) < 4.78 is 50.8. The molecule has 3 atom stereocenters. The highest BCUT2D eigenvalue weighted by Gasteiger charge is 2.36. The summed E-state index contributed by atoms with van der Waals surface area (Å²) in [5, 5.41) is 10.6. The van der Waals surface area contributed by atoms with Crippen molar-refractivity contribution < 1.29 is 27.7 Å². The van der Waals surface area contributed by atoms with Gasteiger partial charge in [-0.1, -0.05) is 13.0 Å². The summed E-state index contributed by atoms with van der Waals surface area (Å²) >= 11 is 3.61. The Hall–Kier alpha value is -5.02. The Balaban J connectivity index is 0.897. The summed E-state index contributed by atoms with van der Waals surface area (Å²) in [7, 11) is -1.08. The van der Waals surface area contributed by atoms with E-state index in [9.17, 15) is 14.2 Å². The molecule has 0 aliphatic carbocycles. The molecule has 0 radical (unpaired) electrons. The number of rotatable bonds is 13. The largest absolute Gasteiger partial charge is 0.494 e. The first-order valence-corrected chi connectivity index (χ1v) is 26.2. The van der Waals surface area contributed by atoms with Crippen LogP contribution in [0.1, 0.15) is 74.8 Å². The molecule has 3 aromatic carbocycles. The van der Waals surface area contributed by atoms with E-state index in [2.05, 4.69) is 89.5 Å². The van der Waals surface area contributed by atoms with Gasteiger partial charge in [0.25, 0.3) is 0 Å². The van der Waals surface area contributed by atoms with E-state index in [4.69, 9.17) is 9.72 Å². The number of imide groups is 1. The number of hydrogen-bond donors (Lipinski definition) is 3. The Bertz CT molecular complexity index is 2690. The summed E-state index contributed by atoms with van der Waals surface area (Å²) in [6.45, 7) is 16.4. The lowest BCUT2D eigenvalue weighted by Gasteiger charge is -2.49. The van der Waals surface area contributed by atoms with Crippen molar-refractivity contribution in [3.63, 3.8) is 0 Å². The number of ether oxygens (including phenoxy) is 1. The molecule has 0 saturated carbocycles. The lowest BCUT2D eigenvalue weighted by atomic mass is 9.89. The van der Waals surface area contributed by atoms with Gasteiger partial charge in [0.2, 0.25) is 17.8 Å². The van der Waals surface area contributed by atoms with Gasteiger partial charge in [-0.25, -0.2) is 13.8 Å². The van der Waals surface area contributed by atoms with Crippen molar-refractivity contribution in [2.24, 2.45) is 0 Å². The van der Waals surface area contributed by atoms with Gasteiger partial charge < -0.3 is 24.8 Å². The number of anilines is 5. The smallest absolute Gasteiger partial charge is 0.234 e. The van der Waals surface area contributed by atoms with E-state index in [1.807, 2.05) is 31.2 Å². The van der Waals surface area contributed by atoms with Crippen molar-refractivity contribution >= 4 is 79.9 Å². The molecule has 1 unspecified atom stereocenters. The van der Waals surface area contributed by atoms with Crippen LogP contribution in [-0.2, 0) is 27.0 Å². The highest BCUT2D eigenvalue weighted by molar-refractivity contribution is 9.10. The number of piperazine rings is 1. The highest BCUT2D eigenvalue weighted by Crippen LogP contribution is 2.43. The van der Waals surface area contributed by atoms with E-state index < -0.39 is 36.5 Å². The van der Waals surface area contributed by atoms with Crippen LogP contribution in [-0.4, -0.2) is 108 Å². The zero-order valence-corrected chi connectivity index (χ0v) is 41.2. The number of benzene rings is 3. The fraction of sp³-hybridized carbons (Fsp3) is 0.449. The fourth-order valence-corrected chi connectivity index (χ4v) is 11.8. The normalized spacial score (nSPS) is 20.2. The van der Waals surface area contributed by atoms with Crippen LogP contribution < -0.4 is 30.9 Å². The summed E-state index contributed by atoms with van der Waals surface area (Å²) in [4.78, 5) is 45.5. The van der Waals surface area contributed by atoms with Crippen LogP contribution in [0.2, 0.25) is 0 Å². The predicted molar refractivity (Wildman–Crippen MR) is 262 cm³/mol. The predicted octanol–water partition coefficient (Wildman–Crippen LogP) is 8.81. The number of carbonyl (C=O) groups is 2. The average Bonchev–Trinajstić information content (AvgIpc) is 3.27. The fourth-order valence-electron chi connectivity index (χ4n) is 10.0. The summed E-state index contributed by atoms with van der Waals surface area (Å²) in [6, 6.07) is 15.7. The zero-order valence-electron chi connectivity index (χ0n) is 38.7. The quantitative estimate of drug-likeness (QED) is 0.0766. The number of carbonyl (C=O) groups excluding carboxylic acids is 2. The molecule has 66 heavy (non-hydrogen) atoms. The summed E-state index contributed by atoms with van der Waals surface area (Å²) in [5.74, 6) is -1.97. The third-order valence-electron chi connectivity index (χ3n) is 13.4. The van der Waals surface area contributed by atoms with Gasteiger partial charge in [-0.15, -0.1) is 0 Å².